The number of alkyl halides is 1. The number of phenols is 1. The first-order chi connectivity index (χ1) is 9.80. The summed E-state index contributed by atoms with van der Waals surface area (Å²) in [7, 11) is 0. The monoisotopic (exact) mass is 303 g/mol. The van der Waals surface area contributed by atoms with Gasteiger partial charge in [0, 0.05) is 40.5 Å². The fraction of sp³-hybridized carbons (Fsp3) is 0.444. The molecule has 1 aliphatic rings. The molecule has 21 heavy (non-hydrogen) atoms. The van der Waals surface area contributed by atoms with E-state index in [0.717, 1.165) is 23.0 Å². The van der Waals surface area contributed by atoms with E-state index >= 15 is 0 Å². The molecule has 3 rings (SSSR count). The van der Waals surface area contributed by atoms with E-state index in [1.54, 1.807) is 0 Å². The number of anilines is 1. The average molecular weight is 304 g/mol. The van der Waals surface area contributed by atoms with Gasteiger partial charge in [0.15, 0.2) is 0 Å². The Morgan fingerprint density at radius 3 is 2.43 bits per heavy atom. The molecule has 2 nitrogen and oxygen atoms in total. The molecule has 0 radical (unpaired) electrons. The third kappa shape index (κ3) is 2.26. The average Bonchev–Trinajstić information content (AvgIpc) is 2.78. The molecule has 1 heterocycles. The Balaban J connectivity index is 2.32. The molecule has 2 aromatic carbocycles. The van der Waals surface area contributed by atoms with Crippen LogP contribution in [0.2, 0.25) is 0 Å². The van der Waals surface area contributed by atoms with Crippen molar-refractivity contribution in [1.29, 1.82) is 0 Å². The second kappa shape index (κ2) is 4.81. The van der Waals surface area contributed by atoms with Crippen molar-refractivity contribution < 1.29 is 5.11 Å². The van der Waals surface area contributed by atoms with Crippen molar-refractivity contribution in [3.63, 3.8) is 0 Å². The van der Waals surface area contributed by atoms with Crippen LogP contribution in [-0.2, 0) is 0 Å². The molecule has 0 amide bonds. The number of aromatic hydroxyl groups is 1. The zero-order valence-corrected chi connectivity index (χ0v) is 13.8. The first-order valence-corrected chi connectivity index (χ1v) is 7.90. The van der Waals surface area contributed by atoms with E-state index < -0.39 is 0 Å². The third-order valence-corrected chi connectivity index (χ3v) is 4.75. The zero-order chi connectivity index (χ0) is 15.4. The molecule has 0 unspecified atom stereocenters. The summed E-state index contributed by atoms with van der Waals surface area (Å²) in [6, 6.07) is 9.96. The maximum atomic E-state index is 10.4. The largest absolute Gasteiger partial charge is 0.507 e. The van der Waals surface area contributed by atoms with Crippen LogP contribution in [0, 0.1) is 0 Å². The second-order valence-corrected chi connectivity index (χ2v) is 7.63. The minimum Gasteiger partial charge on any atom is -0.507 e. The molecule has 112 valence electrons. The molecular weight excluding hydrogens is 282 g/mol. The predicted molar refractivity (Wildman–Crippen MR) is 90.8 cm³/mol. The number of hydrogen-bond acceptors (Lipinski definition) is 2. The molecule has 3 heteroatoms. The summed E-state index contributed by atoms with van der Waals surface area (Å²) < 4.78 is 0. The van der Waals surface area contributed by atoms with Crippen LogP contribution < -0.4 is 4.90 Å². The Hall–Kier alpha value is -1.41. The fourth-order valence-electron chi connectivity index (χ4n) is 3.37. The maximum Gasteiger partial charge on any atom is 0.125 e. The Kier molecular flexibility index (Phi) is 3.32. The summed E-state index contributed by atoms with van der Waals surface area (Å²) >= 11 is 6.48. The van der Waals surface area contributed by atoms with Crippen LogP contribution in [0.5, 0.6) is 5.75 Å². The summed E-state index contributed by atoms with van der Waals surface area (Å²) in [4.78, 5) is 2.36. The Morgan fingerprint density at radius 2 is 1.86 bits per heavy atom. The van der Waals surface area contributed by atoms with Gasteiger partial charge in [0.2, 0.25) is 0 Å². The number of benzene rings is 2. The molecule has 1 N–H and O–H groups in total. The normalized spacial score (nSPS) is 19.9. The van der Waals surface area contributed by atoms with E-state index in [0.29, 0.717) is 5.75 Å². The lowest BCUT2D eigenvalue weighted by Gasteiger charge is -2.35. The molecule has 0 fully saturated rings. The van der Waals surface area contributed by atoms with E-state index in [1.165, 1.54) is 5.56 Å². The predicted octanol–water partition coefficient (Wildman–Crippen LogP) is 4.87. The topological polar surface area (TPSA) is 23.5 Å². The molecule has 0 saturated heterocycles. The van der Waals surface area contributed by atoms with Crippen molar-refractivity contribution >= 4 is 28.1 Å². The lowest BCUT2D eigenvalue weighted by Crippen LogP contribution is -2.41. The van der Waals surface area contributed by atoms with E-state index in [1.807, 2.05) is 24.3 Å². The molecule has 0 bridgehead atoms. The third-order valence-electron chi connectivity index (χ3n) is 4.45. The van der Waals surface area contributed by atoms with Crippen molar-refractivity contribution in [3.8, 4) is 5.75 Å². The van der Waals surface area contributed by atoms with Gasteiger partial charge in [-0.15, -0.1) is 11.6 Å². The van der Waals surface area contributed by atoms with E-state index in [4.69, 9.17) is 11.6 Å². The highest BCUT2D eigenvalue weighted by Gasteiger charge is 2.38. The van der Waals surface area contributed by atoms with Crippen LogP contribution in [0.1, 0.15) is 39.2 Å². The summed E-state index contributed by atoms with van der Waals surface area (Å²) in [5.74, 6) is 0.632. The van der Waals surface area contributed by atoms with Crippen LogP contribution in [0.4, 0.5) is 5.69 Å². The molecular formula is C18H22ClNO. The molecule has 0 spiro atoms. The minimum atomic E-state index is 0.00414. The van der Waals surface area contributed by atoms with Crippen molar-refractivity contribution in [1.82, 2.24) is 0 Å². The second-order valence-electron chi connectivity index (χ2n) is 6.94. The lowest BCUT2D eigenvalue weighted by atomic mass is 9.92. The van der Waals surface area contributed by atoms with Crippen molar-refractivity contribution in [3.05, 3.63) is 35.9 Å². The number of phenolic OH excluding ortho intramolecular Hbond substituents is 1. The van der Waals surface area contributed by atoms with E-state index in [-0.39, 0.29) is 16.8 Å². The molecule has 0 saturated carbocycles. The van der Waals surface area contributed by atoms with Gasteiger partial charge in [-0.05, 0) is 38.6 Å². The number of hydrogen-bond donors (Lipinski definition) is 1. The Bertz CT molecular complexity index is 687. The number of fused-ring (bicyclic) bond motifs is 3. The summed E-state index contributed by atoms with van der Waals surface area (Å²) in [6.07, 6.45) is 0. The first kappa shape index (κ1) is 14.5. The quantitative estimate of drug-likeness (QED) is 0.759. The highest BCUT2D eigenvalue weighted by Crippen LogP contribution is 2.48. The molecule has 2 atom stereocenters. The van der Waals surface area contributed by atoms with Gasteiger partial charge in [-0.25, -0.2) is 0 Å². The van der Waals surface area contributed by atoms with E-state index in [9.17, 15) is 5.11 Å². The fourth-order valence-corrected chi connectivity index (χ4v) is 3.58. The van der Waals surface area contributed by atoms with Gasteiger partial charge >= 0.3 is 0 Å². The number of nitrogens with zero attached hydrogens (tertiary/aromatic N) is 1. The van der Waals surface area contributed by atoms with Gasteiger partial charge in [-0.1, -0.05) is 24.3 Å². The van der Waals surface area contributed by atoms with Crippen LogP contribution in [0.3, 0.4) is 0 Å². The number of halogens is 1. The molecule has 0 aliphatic carbocycles. The van der Waals surface area contributed by atoms with Gasteiger partial charge in [-0.2, -0.15) is 0 Å². The minimum absolute atomic E-state index is 0.00414. The smallest absolute Gasteiger partial charge is 0.125 e. The van der Waals surface area contributed by atoms with Gasteiger partial charge in [0.05, 0.1) is 0 Å². The highest BCUT2D eigenvalue weighted by atomic mass is 35.5. The van der Waals surface area contributed by atoms with E-state index in [2.05, 4.69) is 38.7 Å². The molecule has 1 aliphatic heterocycles. The van der Waals surface area contributed by atoms with Crippen LogP contribution in [-0.4, -0.2) is 22.6 Å². The van der Waals surface area contributed by atoms with Crippen LogP contribution in [0.15, 0.2) is 30.3 Å². The van der Waals surface area contributed by atoms with Crippen LogP contribution in [0.25, 0.3) is 10.8 Å². The van der Waals surface area contributed by atoms with Gasteiger partial charge < -0.3 is 10.0 Å². The standard InChI is InChI=1S/C18H22ClNO/c1-11(19)14-10-20(18(2,3)4)15-9-16(21)12-7-5-6-8-13(12)17(14)15/h5-9,11,14,21H,10H2,1-4H3/t11-,14+/m1/s1. The Labute approximate surface area is 131 Å². The van der Waals surface area contributed by atoms with Crippen molar-refractivity contribution in [2.75, 3.05) is 11.4 Å². The molecule has 2 aromatic rings. The first-order valence-electron chi connectivity index (χ1n) is 7.47. The van der Waals surface area contributed by atoms with Crippen molar-refractivity contribution in [2.45, 2.75) is 44.5 Å². The summed E-state index contributed by atoms with van der Waals surface area (Å²) in [6.45, 7) is 9.56. The number of rotatable bonds is 1. The maximum absolute atomic E-state index is 10.4. The SMILES string of the molecule is C[C@@H](Cl)[C@@H]1CN(C(C)(C)C)c2cc(O)c3ccccc3c21. The highest BCUT2D eigenvalue weighted by molar-refractivity contribution is 6.21. The molecule has 0 aromatic heterocycles. The summed E-state index contributed by atoms with van der Waals surface area (Å²) in [5, 5.41) is 12.5. The van der Waals surface area contributed by atoms with Gasteiger partial charge in [0.1, 0.15) is 5.75 Å². The Morgan fingerprint density at radius 1 is 1.24 bits per heavy atom. The summed E-state index contributed by atoms with van der Waals surface area (Å²) in [5.41, 5.74) is 2.40. The van der Waals surface area contributed by atoms with Crippen LogP contribution >= 0.6 is 11.6 Å². The van der Waals surface area contributed by atoms with Crippen molar-refractivity contribution in [2.24, 2.45) is 0 Å². The van der Waals surface area contributed by atoms with Gasteiger partial charge in [-0.3, -0.25) is 0 Å². The lowest BCUT2D eigenvalue weighted by molar-refractivity contribution is 0.479. The zero-order valence-electron chi connectivity index (χ0n) is 13.0. The van der Waals surface area contributed by atoms with Gasteiger partial charge in [0.25, 0.3) is 0 Å².